The first-order valence-electron chi connectivity index (χ1n) is 31.1. The van der Waals surface area contributed by atoms with E-state index in [1.54, 1.807) is 0 Å². The smallest absolute Gasteiger partial charge is 0.463 e. The van der Waals surface area contributed by atoms with Crippen molar-refractivity contribution in [3.63, 3.8) is 0 Å². The van der Waals surface area contributed by atoms with Crippen molar-refractivity contribution in [3.05, 3.63) is 146 Å². The van der Waals surface area contributed by atoms with Gasteiger partial charge < -0.3 is 34.2 Å². The summed E-state index contributed by atoms with van der Waals surface area (Å²) in [6, 6.07) is 0. The number of phosphoric acid groups is 2. The second-order valence-electron chi connectivity index (χ2n) is 20.1. The van der Waals surface area contributed by atoms with Crippen molar-refractivity contribution in [2.75, 3.05) is 39.6 Å². The number of unbranched alkanes of at least 4 members (excludes halogenated alkanes) is 10. The molecular weight excluding hydrogens is 1120 g/mol. The van der Waals surface area contributed by atoms with Gasteiger partial charge in [-0.3, -0.25) is 32.5 Å². The van der Waals surface area contributed by atoms with Gasteiger partial charge in [0.25, 0.3) is 0 Å². The molecule has 482 valence electrons. The van der Waals surface area contributed by atoms with E-state index in [4.69, 9.17) is 32.3 Å². The number of hydrogen-bond donors (Lipinski definition) is 4. The fourth-order valence-electron chi connectivity index (χ4n) is 7.31. The van der Waals surface area contributed by atoms with E-state index in [0.717, 1.165) is 122 Å². The summed E-state index contributed by atoms with van der Waals surface area (Å²) in [6.45, 7) is 2.20. The molecule has 0 fully saturated rings. The van der Waals surface area contributed by atoms with Gasteiger partial charge in [-0.25, -0.2) is 9.13 Å². The van der Waals surface area contributed by atoms with Crippen molar-refractivity contribution < 1.29 is 75.8 Å². The molecular formula is C67H108O16P2. The van der Waals surface area contributed by atoms with Gasteiger partial charge in [-0.1, -0.05) is 205 Å². The van der Waals surface area contributed by atoms with Crippen LogP contribution in [0.3, 0.4) is 0 Å². The van der Waals surface area contributed by atoms with Gasteiger partial charge in [0.05, 0.1) is 26.4 Å². The van der Waals surface area contributed by atoms with Crippen LogP contribution in [0.5, 0.6) is 0 Å². The molecule has 0 bridgehead atoms. The predicted octanol–water partition coefficient (Wildman–Crippen LogP) is 16.6. The van der Waals surface area contributed by atoms with Gasteiger partial charge in [-0.15, -0.1) is 0 Å². The van der Waals surface area contributed by atoms with E-state index >= 15 is 0 Å². The van der Waals surface area contributed by atoms with Gasteiger partial charge in [0, 0.05) is 19.3 Å². The molecule has 0 amide bonds. The first-order chi connectivity index (χ1) is 41.2. The first kappa shape index (κ1) is 80.4. The van der Waals surface area contributed by atoms with Crippen LogP contribution in [-0.2, 0) is 55.8 Å². The first-order valence-corrected chi connectivity index (χ1v) is 34.1. The van der Waals surface area contributed by atoms with Gasteiger partial charge in [0.15, 0.2) is 6.10 Å². The SMILES string of the molecule is CC/C=C\C/C=C\C/C=C\C/C=C\C/C=C\C/C=C\CCC(=O)OCC(O)COP(=O)(O)OCC(O)COP(=O)(O)OCC(COC(=O)CCCCC/C=C\C/C=C\C/C=C\C/C=C\C/C=C\CC)OC(=O)CCCCCCC/C=C\CCCC. The molecule has 0 rings (SSSR count). The molecule has 5 atom stereocenters. The molecule has 0 radical (unpaired) electrons. The molecule has 0 saturated carbocycles. The van der Waals surface area contributed by atoms with Crippen LogP contribution in [0.25, 0.3) is 0 Å². The van der Waals surface area contributed by atoms with E-state index in [1.165, 1.54) is 12.8 Å². The topological polar surface area (TPSA) is 231 Å². The molecule has 0 heterocycles. The Morgan fingerprint density at radius 1 is 0.341 bits per heavy atom. The third-order valence-corrected chi connectivity index (χ3v) is 13.9. The van der Waals surface area contributed by atoms with Crippen LogP contribution in [-0.4, -0.2) is 95.9 Å². The van der Waals surface area contributed by atoms with Crippen molar-refractivity contribution >= 4 is 33.6 Å². The molecule has 4 N–H and O–H groups in total. The maximum absolute atomic E-state index is 12.8. The van der Waals surface area contributed by atoms with Crippen LogP contribution in [0.1, 0.15) is 201 Å². The summed E-state index contributed by atoms with van der Waals surface area (Å²) in [5.41, 5.74) is 0. The number of hydrogen-bond acceptors (Lipinski definition) is 14. The highest BCUT2D eigenvalue weighted by Crippen LogP contribution is 2.45. The number of aliphatic hydroxyl groups excluding tert-OH is 2. The molecule has 0 aliphatic heterocycles. The normalized spacial score (nSPS) is 15.3. The lowest BCUT2D eigenvalue weighted by atomic mass is 10.1. The molecule has 0 aromatic rings. The zero-order valence-corrected chi connectivity index (χ0v) is 53.5. The fourth-order valence-corrected chi connectivity index (χ4v) is 8.89. The lowest BCUT2D eigenvalue weighted by molar-refractivity contribution is -0.161. The molecule has 0 aliphatic rings. The van der Waals surface area contributed by atoms with Crippen LogP contribution in [0.2, 0.25) is 0 Å². The largest absolute Gasteiger partial charge is 0.472 e. The molecule has 16 nitrogen and oxygen atoms in total. The standard InChI is InChI=1S/C67H108O16P2/c1-4-7-10-13-16-19-22-24-26-28-30-32-34-36-39-41-44-47-50-53-65(70)77-56-62(68)57-79-84(73,74)80-58-63(69)59-81-85(75,76)82-61-64(83-67(72)55-52-49-46-43-38-21-18-15-12-9-6-3)60-78-66(71)54-51-48-45-42-40-37-35-33-31-29-27-25-23-20-17-14-11-8-5-2/h7-8,10-11,15-20,24-27,30-33,36-37,39-40,44,47,62-64,68-69H,4-6,9,12-14,21-23,28-29,34-35,38,41-43,45-46,48-61H2,1-3H3,(H,73,74)(H,75,76)/b10-7-,11-8-,18-15-,19-16-,20-17-,26-24-,27-25-,32-30-,33-31-,39-36-,40-37-,47-44-. The van der Waals surface area contributed by atoms with Gasteiger partial charge in [0.1, 0.15) is 25.4 Å². The quantitative estimate of drug-likeness (QED) is 0.0146. The molecule has 85 heavy (non-hydrogen) atoms. The van der Waals surface area contributed by atoms with E-state index < -0.39 is 91.5 Å². The third-order valence-electron chi connectivity index (χ3n) is 12.0. The lowest BCUT2D eigenvalue weighted by Crippen LogP contribution is -2.30. The number of carbonyl (C=O) groups excluding carboxylic acids is 3. The number of aliphatic hydroxyl groups is 2. The van der Waals surface area contributed by atoms with E-state index in [-0.39, 0.29) is 19.3 Å². The van der Waals surface area contributed by atoms with Gasteiger partial charge >= 0.3 is 33.6 Å². The summed E-state index contributed by atoms with van der Waals surface area (Å²) in [5, 5.41) is 20.5. The number of ether oxygens (including phenoxy) is 3. The average Bonchev–Trinajstić information content (AvgIpc) is 3.60. The highest BCUT2D eigenvalue weighted by Gasteiger charge is 2.29. The molecule has 0 aromatic heterocycles. The minimum absolute atomic E-state index is 0.0550. The Hall–Kier alpha value is -4.57. The Morgan fingerprint density at radius 2 is 0.647 bits per heavy atom. The van der Waals surface area contributed by atoms with E-state index in [2.05, 4.69) is 148 Å². The Labute approximate surface area is 511 Å². The molecule has 0 spiro atoms. The molecule has 0 saturated heterocycles. The highest BCUT2D eigenvalue weighted by atomic mass is 31.2. The Balaban J connectivity index is 4.75. The molecule has 18 heteroatoms. The van der Waals surface area contributed by atoms with Crippen LogP contribution < -0.4 is 0 Å². The zero-order chi connectivity index (χ0) is 62.4. The van der Waals surface area contributed by atoms with E-state index in [1.807, 2.05) is 18.2 Å². The maximum atomic E-state index is 12.8. The van der Waals surface area contributed by atoms with Crippen molar-refractivity contribution in [3.8, 4) is 0 Å². The monoisotopic (exact) mass is 1230 g/mol. The summed E-state index contributed by atoms with van der Waals surface area (Å²) < 4.78 is 60.5. The Morgan fingerprint density at radius 3 is 1.08 bits per heavy atom. The Bertz CT molecular complexity index is 2130. The summed E-state index contributed by atoms with van der Waals surface area (Å²) in [5.74, 6) is -1.72. The van der Waals surface area contributed by atoms with Crippen LogP contribution in [0, 0.1) is 0 Å². The van der Waals surface area contributed by atoms with Crippen LogP contribution in [0.4, 0.5) is 0 Å². The number of phosphoric ester groups is 2. The van der Waals surface area contributed by atoms with E-state index in [0.29, 0.717) is 25.7 Å². The zero-order valence-electron chi connectivity index (χ0n) is 51.7. The second-order valence-corrected chi connectivity index (χ2v) is 23.0. The van der Waals surface area contributed by atoms with Crippen LogP contribution in [0.15, 0.2) is 146 Å². The summed E-state index contributed by atoms with van der Waals surface area (Å²) in [7, 11) is -9.81. The van der Waals surface area contributed by atoms with Gasteiger partial charge in [0.2, 0.25) is 0 Å². The molecule has 0 aromatic carbocycles. The third kappa shape index (κ3) is 60.9. The predicted molar refractivity (Wildman–Crippen MR) is 343 cm³/mol. The minimum Gasteiger partial charge on any atom is -0.463 e. The Kier molecular flexibility index (Phi) is 56.5. The van der Waals surface area contributed by atoms with Gasteiger partial charge in [-0.05, 0) is 122 Å². The lowest BCUT2D eigenvalue weighted by Gasteiger charge is -2.21. The summed E-state index contributed by atoms with van der Waals surface area (Å²) in [4.78, 5) is 58.1. The van der Waals surface area contributed by atoms with Crippen molar-refractivity contribution in [1.82, 2.24) is 0 Å². The molecule has 0 aliphatic carbocycles. The van der Waals surface area contributed by atoms with Crippen molar-refractivity contribution in [2.24, 2.45) is 0 Å². The maximum Gasteiger partial charge on any atom is 0.472 e. The van der Waals surface area contributed by atoms with Crippen molar-refractivity contribution in [2.45, 2.75) is 219 Å². The summed E-state index contributed by atoms with van der Waals surface area (Å²) in [6.07, 6.45) is 69.4. The average molecular weight is 1230 g/mol. The van der Waals surface area contributed by atoms with E-state index in [9.17, 15) is 43.5 Å². The molecule has 5 unspecified atom stereocenters. The fraction of sp³-hybridized carbons (Fsp3) is 0.597. The number of allylic oxidation sites excluding steroid dienone is 24. The number of rotatable bonds is 57. The second kappa shape index (κ2) is 59.7. The highest BCUT2D eigenvalue weighted by molar-refractivity contribution is 7.47. The van der Waals surface area contributed by atoms with Crippen molar-refractivity contribution in [1.29, 1.82) is 0 Å². The number of carbonyl (C=O) groups is 3. The summed E-state index contributed by atoms with van der Waals surface area (Å²) >= 11 is 0. The number of esters is 3. The minimum atomic E-state index is -4.94. The van der Waals surface area contributed by atoms with Crippen LogP contribution >= 0.6 is 15.6 Å². The van der Waals surface area contributed by atoms with Gasteiger partial charge in [-0.2, -0.15) is 0 Å².